The summed E-state index contributed by atoms with van der Waals surface area (Å²) in [6, 6.07) is 13.7. The smallest absolute Gasteiger partial charge is 0.255 e. The van der Waals surface area contributed by atoms with E-state index in [-0.39, 0.29) is 5.91 Å². The first-order chi connectivity index (χ1) is 15.5. The summed E-state index contributed by atoms with van der Waals surface area (Å²) in [5, 5.41) is 2.85. The summed E-state index contributed by atoms with van der Waals surface area (Å²) in [5.41, 5.74) is 1.03. The lowest BCUT2D eigenvalue weighted by atomic mass is 10.1. The summed E-state index contributed by atoms with van der Waals surface area (Å²) < 4.78 is 18.1. The van der Waals surface area contributed by atoms with E-state index in [9.17, 15) is 4.79 Å². The predicted molar refractivity (Wildman–Crippen MR) is 118 cm³/mol. The molecule has 0 saturated heterocycles. The second-order valence-electron chi connectivity index (χ2n) is 6.76. The van der Waals surface area contributed by atoms with Crippen LogP contribution in [0, 0.1) is 6.92 Å². The van der Waals surface area contributed by atoms with E-state index in [4.69, 9.17) is 14.2 Å². The molecule has 2 heterocycles. The van der Waals surface area contributed by atoms with Crippen molar-refractivity contribution in [2.75, 3.05) is 19.5 Å². The zero-order valence-electron chi connectivity index (χ0n) is 17.8. The second-order valence-corrected chi connectivity index (χ2v) is 6.76. The number of methoxy groups -OCH3 is 2. The van der Waals surface area contributed by atoms with Crippen molar-refractivity contribution < 1.29 is 19.0 Å². The molecule has 32 heavy (non-hydrogen) atoms. The van der Waals surface area contributed by atoms with E-state index in [0.717, 1.165) is 0 Å². The highest BCUT2D eigenvalue weighted by molar-refractivity contribution is 6.04. The second kappa shape index (κ2) is 9.17. The molecule has 0 radical (unpaired) electrons. The van der Waals surface area contributed by atoms with E-state index in [1.54, 1.807) is 78.7 Å². The number of benzene rings is 2. The van der Waals surface area contributed by atoms with Gasteiger partial charge in [0.2, 0.25) is 5.88 Å². The van der Waals surface area contributed by atoms with Crippen molar-refractivity contribution in [1.29, 1.82) is 0 Å². The van der Waals surface area contributed by atoms with E-state index in [0.29, 0.717) is 46.0 Å². The molecule has 0 aliphatic rings. The fourth-order valence-corrected chi connectivity index (χ4v) is 2.97. The van der Waals surface area contributed by atoms with Crippen molar-refractivity contribution in [3.8, 4) is 28.9 Å². The molecule has 0 spiro atoms. The SMILES string of the molecule is COc1cc(OC)cc(C(=O)Nc2ccc(Oc3cc(-n4ccnc4)nc(C)n3)cc2)c1. The van der Waals surface area contributed by atoms with Gasteiger partial charge in [-0.2, -0.15) is 4.98 Å². The average Bonchev–Trinajstić information content (AvgIpc) is 3.35. The van der Waals surface area contributed by atoms with Crippen LogP contribution in [-0.2, 0) is 0 Å². The first kappa shape index (κ1) is 20.9. The topological polar surface area (TPSA) is 100 Å². The highest BCUT2D eigenvalue weighted by Crippen LogP contribution is 2.25. The lowest BCUT2D eigenvalue weighted by Gasteiger charge is -2.11. The summed E-state index contributed by atoms with van der Waals surface area (Å²) in [5.74, 6) is 2.99. The molecule has 9 heteroatoms. The van der Waals surface area contributed by atoms with Gasteiger partial charge in [0.25, 0.3) is 5.91 Å². The number of imidazole rings is 1. The predicted octanol–water partition coefficient (Wildman–Crippen LogP) is 4.03. The molecule has 4 aromatic rings. The molecule has 0 aliphatic heterocycles. The highest BCUT2D eigenvalue weighted by atomic mass is 16.5. The third-order valence-electron chi connectivity index (χ3n) is 4.52. The Bertz CT molecular complexity index is 1200. The molecule has 4 rings (SSSR count). The third-order valence-corrected chi connectivity index (χ3v) is 4.52. The van der Waals surface area contributed by atoms with Crippen LogP contribution in [0.4, 0.5) is 5.69 Å². The van der Waals surface area contributed by atoms with Crippen LogP contribution in [0.25, 0.3) is 5.82 Å². The van der Waals surface area contributed by atoms with Crippen LogP contribution in [0.15, 0.2) is 67.3 Å². The molecule has 162 valence electrons. The Morgan fingerprint density at radius 3 is 2.28 bits per heavy atom. The number of rotatable bonds is 7. The van der Waals surface area contributed by atoms with Crippen LogP contribution in [0.3, 0.4) is 0 Å². The lowest BCUT2D eigenvalue weighted by molar-refractivity contribution is 0.102. The fraction of sp³-hybridized carbons (Fsp3) is 0.130. The maximum atomic E-state index is 12.6. The van der Waals surface area contributed by atoms with Crippen molar-refractivity contribution in [3.05, 3.63) is 78.6 Å². The first-order valence-electron chi connectivity index (χ1n) is 9.70. The summed E-state index contributed by atoms with van der Waals surface area (Å²) in [4.78, 5) is 25.4. The van der Waals surface area contributed by atoms with Crippen LogP contribution in [0.5, 0.6) is 23.1 Å². The van der Waals surface area contributed by atoms with Crippen LogP contribution >= 0.6 is 0 Å². The Morgan fingerprint density at radius 2 is 1.66 bits per heavy atom. The Hall–Kier alpha value is -4.40. The van der Waals surface area contributed by atoms with Gasteiger partial charge >= 0.3 is 0 Å². The van der Waals surface area contributed by atoms with Gasteiger partial charge in [0.1, 0.15) is 35.2 Å². The van der Waals surface area contributed by atoms with Gasteiger partial charge in [0.15, 0.2) is 0 Å². The van der Waals surface area contributed by atoms with E-state index >= 15 is 0 Å². The lowest BCUT2D eigenvalue weighted by Crippen LogP contribution is -2.12. The summed E-state index contributed by atoms with van der Waals surface area (Å²) in [7, 11) is 3.07. The van der Waals surface area contributed by atoms with Gasteiger partial charge in [-0.3, -0.25) is 9.36 Å². The van der Waals surface area contributed by atoms with Gasteiger partial charge < -0.3 is 19.5 Å². The van der Waals surface area contributed by atoms with E-state index in [2.05, 4.69) is 20.3 Å². The first-order valence-corrected chi connectivity index (χ1v) is 9.70. The normalized spacial score (nSPS) is 10.5. The van der Waals surface area contributed by atoms with Crippen molar-refractivity contribution >= 4 is 11.6 Å². The average molecular weight is 431 g/mol. The maximum absolute atomic E-state index is 12.6. The molecule has 1 N–H and O–H groups in total. The standard InChI is InChI=1S/C23H21N5O4/c1-15-25-21(28-9-8-24-14-28)13-22(26-15)32-18-6-4-17(5-7-18)27-23(29)16-10-19(30-2)12-20(11-16)31-3/h4-14H,1-3H3,(H,27,29). The number of amides is 1. The molecule has 1 amide bonds. The largest absolute Gasteiger partial charge is 0.497 e. The van der Waals surface area contributed by atoms with Gasteiger partial charge in [0, 0.05) is 35.8 Å². The Balaban J connectivity index is 1.47. The molecule has 0 bridgehead atoms. The molecule has 0 saturated carbocycles. The Labute approximate surface area is 184 Å². The maximum Gasteiger partial charge on any atom is 0.255 e. The van der Waals surface area contributed by atoms with E-state index in [1.807, 2.05) is 0 Å². The molecule has 2 aromatic heterocycles. The minimum atomic E-state index is -0.285. The summed E-state index contributed by atoms with van der Waals surface area (Å²) in [6.07, 6.45) is 5.12. The van der Waals surface area contributed by atoms with Crippen LogP contribution in [0.1, 0.15) is 16.2 Å². The van der Waals surface area contributed by atoms with Gasteiger partial charge in [-0.25, -0.2) is 9.97 Å². The van der Waals surface area contributed by atoms with E-state index in [1.165, 1.54) is 14.2 Å². The number of carbonyl (C=O) groups is 1. The number of aromatic nitrogens is 4. The molecule has 0 unspecified atom stereocenters. The van der Waals surface area contributed by atoms with Gasteiger partial charge in [-0.15, -0.1) is 0 Å². The van der Waals surface area contributed by atoms with Gasteiger partial charge in [0.05, 0.1) is 14.2 Å². The molecule has 9 nitrogen and oxygen atoms in total. The number of nitrogens with zero attached hydrogens (tertiary/aromatic N) is 4. The Morgan fingerprint density at radius 1 is 0.938 bits per heavy atom. The molecular weight excluding hydrogens is 410 g/mol. The quantitative estimate of drug-likeness (QED) is 0.471. The van der Waals surface area contributed by atoms with Crippen molar-refractivity contribution in [1.82, 2.24) is 19.5 Å². The van der Waals surface area contributed by atoms with Gasteiger partial charge in [-0.1, -0.05) is 0 Å². The molecule has 0 aliphatic carbocycles. The van der Waals surface area contributed by atoms with Crippen LogP contribution < -0.4 is 19.5 Å². The molecule has 2 aromatic carbocycles. The van der Waals surface area contributed by atoms with Crippen molar-refractivity contribution in [3.63, 3.8) is 0 Å². The minimum absolute atomic E-state index is 0.285. The monoisotopic (exact) mass is 431 g/mol. The zero-order chi connectivity index (χ0) is 22.5. The van der Waals surface area contributed by atoms with E-state index < -0.39 is 0 Å². The summed E-state index contributed by atoms with van der Waals surface area (Å²) >= 11 is 0. The molecule has 0 fully saturated rings. The van der Waals surface area contributed by atoms with Crippen molar-refractivity contribution in [2.45, 2.75) is 6.92 Å². The number of hydrogen-bond donors (Lipinski definition) is 1. The Kier molecular flexibility index (Phi) is 5.98. The number of hydrogen-bond acceptors (Lipinski definition) is 7. The van der Waals surface area contributed by atoms with Crippen LogP contribution in [0.2, 0.25) is 0 Å². The number of ether oxygens (including phenoxy) is 3. The molecular formula is C23H21N5O4. The number of carbonyl (C=O) groups excluding carboxylic acids is 1. The fourth-order valence-electron chi connectivity index (χ4n) is 2.97. The number of nitrogens with one attached hydrogen (secondary N) is 1. The zero-order valence-corrected chi connectivity index (χ0v) is 17.8. The molecule has 0 atom stereocenters. The number of anilines is 1. The minimum Gasteiger partial charge on any atom is -0.497 e. The van der Waals surface area contributed by atoms with Gasteiger partial charge in [-0.05, 0) is 43.3 Å². The summed E-state index contributed by atoms with van der Waals surface area (Å²) in [6.45, 7) is 1.79. The third kappa shape index (κ3) is 4.84. The highest BCUT2D eigenvalue weighted by Gasteiger charge is 2.11. The number of aryl methyl sites for hydroxylation is 1. The van der Waals surface area contributed by atoms with Crippen molar-refractivity contribution in [2.24, 2.45) is 0 Å². The van der Waals surface area contributed by atoms with Crippen LogP contribution in [-0.4, -0.2) is 39.6 Å².